The molecule has 27 heavy (non-hydrogen) atoms. The maximum Gasteiger partial charge on any atom is 0.227 e. The molecule has 2 aromatic rings. The summed E-state index contributed by atoms with van der Waals surface area (Å²) in [7, 11) is 1.65. The SMILES string of the molecule is CCCN(CC1CC(c2ccc(OC)cc2)=NO1)C(=O)Cc1ccccc1. The first kappa shape index (κ1) is 19.0. The van der Waals surface area contributed by atoms with Gasteiger partial charge in [-0.1, -0.05) is 42.4 Å². The smallest absolute Gasteiger partial charge is 0.227 e. The Kier molecular flexibility index (Phi) is 6.47. The van der Waals surface area contributed by atoms with Gasteiger partial charge in [-0.2, -0.15) is 0 Å². The molecule has 1 unspecified atom stereocenters. The molecule has 0 aliphatic carbocycles. The average molecular weight is 366 g/mol. The number of benzene rings is 2. The first-order valence-electron chi connectivity index (χ1n) is 9.38. The van der Waals surface area contributed by atoms with Crippen molar-refractivity contribution in [3.8, 4) is 5.75 Å². The Hall–Kier alpha value is -2.82. The van der Waals surface area contributed by atoms with Gasteiger partial charge in [0.2, 0.25) is 5.91 Å². The van der Waals surface area contributed by atoms with E-state index in [4.69, 9.17) is 9.57 Å². The highest BCUT2D eigenvalue weighted by atomic mass is 16.6. The summed E-state index contributed by atoms with van der Waals surface area (Å²) in [6, 6.07) is 17.6. The molecule has 0 saturated carbocycles. The van der Waals surface area contributed by atoms with Gasteiger partial charge in [0.15, 0.2) is 6.10 Å². The van der Waals surface area contributed by atoms with Crippen LogP contribution in [0, 0.1) is 0 Å². The molecule has 3 rings (SSSR count). The van der Waals surface area contributed by atoms with Crippen LogP contribution in [0.4, 0.5) is 0 Å². The van der Waals surface area contributed by atoms with Gasteiger partial charge in [-0.25, -0.2) is 0 Å². The number of hydrogen-bond donors (Lipinski definition) is 0. The third-order valence-corrected chi connectivity index (χ3v) is 4.62. The lowest BCUT2D eigenvalue weighted by Gasteiger charge is -2.24. The van der Waals surface area contributed by atoms with Crippen molar-refractivity contribution in [1.29, 1.82) is 0 Å². The van der Waals surface area contributed by atoms with Crippen LogP contribution in [0.15, 0.2) is 59.8 Å². The lowest BCUT2D eigenvalue weighted by Crippen LogP contribution is -2.39. The molecule has 0 aromatic heterocycles. The van der Waals surface area contributed by atoms with Crippen LogP contribution in [0.5, 0.6) is 5.75 Å². The highest BCUT2D eigenvalue weighted by Gasteiger charge is 2.26. The maximum atomic E-state index is 12.7. The van der Waals surface area contributed by atoms with E-state index in [0.717, 1.165) is 35.6 Å². The Morgan fingerprint density at radius 1 is 1.19 bits per heavy atom. The summed E-state index contributed by atoms with van der Waals surface area (Å²) in [6.07, 6.45) is 1.93. The van der Waals surface area contributed by atoms with Crippen LogP contribution >= 0.6 is 0 Å². The number of carbonyl (C=O) groups excluding carboxylic acids is 1. The van der Waals surface area contributed by atoms with Gasteiger partial charge in [0.05, 0.1) is 25.8 Å². The van der Waals surface area contributed by atoms with Crippen LogP contribution < -0.4 is 4.74 Å². The number of carbonyl (C=O) groups is 1. The predicted octanol–water partition coefficient (Wildman–Crippen LogP) is 3.67. The molecule has 1 aliphatic heterocycles. The Labute approximate surface area is 160 Å². The van der Waals surface area contributed by atoms with Gasteiger partial charge in [-0.15, -0.1) is 0 Å². The van der Waals surface area contributed by atoms with E-state index in [2.05, 4.69) is 12.1 Å². The average Bonchev–Trinajstić information content (AvgIpc) is 3.17. The minimum atomic E-state index is -0.103. The lowest BCUT2D eigenvalue weighted by molar-refractivity contribution is -0.132. The number of hydrogen-bond acceptors (Lipinski definition) is 4. The second-order valence-electron chi connectivity index (χ2n) is 6.70. The number of nitrogens with zero attached hydrogens (tertiary/aromatic N) is 2. The van der Waals surface area contributed by atoms with Crippen molar-refractivity contribution in [2.45, 2.75) is 32.3 Å². The highest BCUT2D eigenvalue weighted by Crippen LogP contribution is 2.20. The van der Waals surface area contributed by atoms with Crippen LogP contribution in [0.2, 0.25) is 0 Å². The second kappa shape index (κ2) is 9.21. The molecule has 0 fully saturated rings. The topological polar surface area (TPSA) is 51.1 Å². The Morgan fingerprint density at radius 2 is 1.93 bits per heavy atom. The van der Waals surface area contributed by atoms with Gasteiger partial charge in [0.25, 0.3) is 0 Å². The van der Waals surface area contributed by atoms with Crippen LogP contribution in [0.25, 0.3) is 0 Å². The molecule has 5 nitrogen and oxygen atoms in total. The Morgan fingerprint density at radius 3 is 2.59 bits per heavy atom. The summed E-state index contributed by atoms with van der Waals surface area (Å²) < 4.78 is 5.19. The van der Waals surface area contributed by atoms with Crippen molar-refractivity contribution in [1.82, 2.24) is 4.90 Å². The summed E-state index contributed by atoms with van der Waals surface area (Å²) in [5.74, 6) is 0.944. The molecule has 0 radical (unpaired) electrons. The molecule has 1 heterocycles. The van der Waals surface area contributed by atoms with E-state index in [1.54, 1.807) is 7.11 Å². The number of oxime groups is 1. The fraction of sp³-hybridized carbons (Fsp3) is 0.364. The van der Waals surface area contributed by atoms with E-state index in [1.165, 1.54) is 0 Å². The largest absolute Gasteiger partial charge is 0.497 e. The zero-order valence-corrected chi connectivity index (χ0v) is 15.9. The summed E-state index contributed by atoms with van der Waals surface area (Å²) >= 11 is 0. The molecule has 142 valence electrons. The Bertz CT molecular complexity index is 772. The van der Waals surface area contributed by atoms with E-state index >= 15 is 0 Å². The standard InChI is InChI=1S/C22H26N2O3/c1-3-13-24(22(25)14-17-7-5-4-6-8-17)16-20-15-21(23-27-20)18-9-11-19(26-2)12-10-18/h4-12,20H,3,13-16H2,1-2H3. The Balaban J connectivity index is 1.58. The van der Waals surface area contributed by atoms with E-state index in [9.17, 15) is 4.79 Å². The molecule has 0 N–H and O–H groups in total. The monoisotopic (exact) mass is 366 g/mol. The first-order chi connectivity index (χ1) is 13.2. The van der Waals surface area contributed by atoms with Gasteiger partial charge in [-0.3, -0.25) is 4.79 Å². The molecule has 5 heteroatoms. The van der Waals surface area contributed by atoms with Gasteiger partial charge < -0.3 is 14.5 Å². The second-order valence-corrected chi connectivity index (χ2v) is 6.70. The quantitative estimate of drug-likeness (QED) is 0.716. The zero-order valence-electron chi connectivity index (χ0n) is 15.9. The molecule has 1 amide bonds. The van der Waals surface area contributed by atoms with Gasteiger partial charge in [-0.05, 0) is 41.8 Å². The molecular formula is C22H26N2O3. The number of amides is 1. The molecule has 0 saturated heterocycles. The lowest BCUT2D eigenvalue weighted by atomic mass is 10.0. The predicted molar refractivity (Wildman–Crippen MR) is 106 cm³/mol. The van der Waals surface area contributed by atoms with Crippen molar-refractivity contribution in [2.75, 3.05) is 20.2 Å². The molecular weight excluding hydrogens is 340 g/mol. The number of rotatable bonds is 8. The highest BCUT2D eigenvalue weighted by molar-refractivity contribution is 6.01. The summed E-state index contributed by atoms with van der Waals surface area (Å²) in [6.45, 7) is 3.36. The number of methoxy groups -OCH3 is 1. The molecule has 0 spiro atoms. The van der Waals surface area contributed by atoms with Gasteiger partial charge in [0, 0.05) is 13.0 Å². The minimum Gasteiger partial charge on any atom is -0.497 e. The van der Waals surface area contributed by atoms with E-state index in [1.807, 2.05) is 59.5 Å². The van der Waals surface area contributed by atoms with E-state index in [0.29, 0.717) is 19.4 Å². The third kappa shape index (κ3) is 5.09. The molecule has 0 bridgehead atoms. The summed E-state index contributed by atoms with van der Waals surface area (Å²) in [5, 5.41) is 4.24. The van der Waals surface area contributed by atoms with E-state index in [-0.39, 0.29) is 12.0 Å². The van der Waals surface area contributed by atoms with Gasteiger partial charge in [0.1, 0.15) is 5.75 Å². The van der Waals surface area contributed by atoms with Crippen LogP contribution in [0.1, 0.15) is 30.9 Å². The van der Waals surface area contributed by atoms with Crippen LogP contribution in [-0.4, -0.2) is 42.8 Å². The normalized spacial score (nSPS) is 15.8. The van der Waals surface area contributed by atoms with Crippen molar-refractivity contribution in [2.24, 2.45) is 5.16 Å². The molecule has 1 aliphatic rings. The summed E-state index contributed by atoms with van der Waals surface area (Å²) in [4.78, 5) is 20.2. The van der Waals surface area contributed by atoms with Crippen molar-refractivity contribution >= 4 is 11.6 Å². The van der Waals surface area contributed by atoms with Gasteiger partial charge >= 0.3 is 0 Å². The van der Waals surface area contributed by atoms with Crippen molar-refractivity contribution < 1.29 is 14.4 Å². The molecule has 1 atom stereocenters. The van der Waals surface area contributed by atoms with E-state index < -0.39 is 0 Å². The fourth-order valence-electron chi connectivity index (χ4n) is 3.20. The molecule has 2 aromatic carbocycles. The first-order valence-corrected chi connectivity index (χ1v) is 9.38. The summed E-state index contributed by atoms with van der Waals surface area (Å²) in [5.41, 5.74) is 2.97. The zero-order chi connectivity index (χ0) is 19.1. The van der Waals surface area contributed by atoms with Crippen molar-refractivity contribution in [3.05, 3.63) is 65.7 Å². The maximum absolute atomic E-state index is 12.7. The third-order valence-electron chi connectivity index (χ3n) is 4.62. The van der Waals surface area contributed by atoms with Crippen molar-refractivity contribution in [3.63, 3.8) is 0 Å². The fourth-order valence-corrected chi connectivity index (χ4v) is 3.20. The minimum absolute atomic E-state index is 0.103. The van der Waals surface area contributed by atoms with Crippen LogP contribution in [-0.2, 0) is 16.1 Å². The van der Waals surface area contributed by atoms with Crippen LogP contribution in [0.3, 0.4) is 0 Å². The number of ether oxygens (including phenoxy) is 1.